The molecule has 0 saturated carbocycles. The van der Waals surface area contributed by atoms with Crippen LogP contribution in [0, 0.1) is 0 Å². The highest BCUT2D eigenvalue weighted by Gasteiger charge is 2.32. The molecular weight excluding hydrogens is 503 g/mol. The summed E-state index contributed by atoms with van der Waals surface area (Å²) in [7, 11) is 0. The molecule has 11 heteroatoms. The van der Waals surface area contributed by atoms with Crippen LogP contribution >= 0.6 is 27.5 Å². The van der Waals surface area contributed by atoms with Crippen LogP contribution in [0.25, 0.3) is 6.08 Å². The SMILES string of the molecule is O=C(C=Cc1cc2c(cc1Br)OCO2)N1CCN(c2ncc(C(F)(F)F)cc2Cl)CC1. The Bertz CT molecular complexity index is 1040. The van der Waals surface area contributed by atoms with Gasteiger partial charge in [0.1, 0.15) is 5.82 Å². The molecule has 164 valence electrons. The second-order valence-corrected chi connectivity index (χ2v) is 8.16. The standard InChI is InChI=1S/C20H16BrClF3N3O3/c21-14-9-17-16(30-11-31-17)7-12(14)1-2-18(29)27-3-5-28(6-4-27)19-15(22)8-13(10-26-19)20(23,24)25/h1-2,7-10H,3-6,11H2. The van der Waals surface area contributed by atoms with E-state index in [0.717, 1.165) is 22.3 Å². The first kappa shape index (κ1) is 21.8. The molecule has 1 saturated heterocycles. The highest BCUT2D eigenvalue weighted by molar-refractivity contribution is 9.10. The molecular formula is C20H16BrClF3N3O3. The van der Waals surface area contributed by atoms with E-state index >= 15 is 0 Å². The molecule has 0 atom stereocenters. The number of aromatic nitrogens is 1. The molecule has 2 aliphatic heterocycles. The number of nitrogens with zero attached hydrogens (tertiary/aromatic N) is 3. The number of hydrogen-bond acceptors (Lipinski definition) is 5. The molecule has 31 heavy (non-hydrogen) atoms. The molecule has 0 radical (unpaired) electrons. The lowest BCUT2D eigenvalue weighted by molar-refractivity contribution is -0.137. The van der Waals surface area contributed by atoms with Gasteiger partial charge in [0.25, 0.3) is 0 Å². The van der Waals surface area contributed by atoms with E-state index in [-0.39, 0.29) is 23.5 Å². The summed E-state index contributed by atoms with van der Waals surface area (Å²) in [6.45, 7) is 1.77. The van der Waals surface area contributed by atoms with E-state index in [1.165, 1.54) is 6.08 Å². The number of ether oxygens (including phenoxy) is 2. The summed E-state index contributed by atoms with van der Waals surface area (Å²) in [5.41, 5.74) is -0.119. The van der Waals surface area contributed by atoms with Crippen molar-refractivity contribution in [2.75, 3.05) is 37.9 Å². The molecule has 1 aromatic heterocycles. The van der Waals surface area contributed by atoms with Gasteiger partial charge in [0.2, 0.25) is 12.7 Å². The number of carbonyl (C=O) groups is 1. The predicted molar refractivity (Wildman–Crippen MR) is 112 cm³/mol. The second-order valence-electron chi connectivity index (χ2n) is 6.90. The molecule has 0 unspecified atom stereocenters. The van der Waals surface area contributed by atoms with Crippen LogP contribution in [-0.4, -0.2) is 48.8 Å². The van der Waals surface area contributed by atoms with Crippen molar-refractivity contribution in [1.29, 1.82) is 0 Å². The van der Waals surface area contributed by atoms with Gasteiger partial charge in [0.15, 0.2) is 11.5 Å². The number of carbonyl (C=O) groups excluding carboxylic acids is 1. The van der Waals surface area contributed by atoms with Crippen molar-refractivity contribution < 1.29 is 27.4 Å². The number of halogens is 5. The highest BCUT2D eigenvalue weighted by atomic mass is 79.9. The van der Waals surface area contributed by atoms with Gasteiger partial charge in [-0.2, -0.15) is 13.2 Å². The maximum Gasteiger partial charge on any atom is 0.417 e. The monoisotopic (exact) mass is 517 g/mol. The van der Waals surface area contributed by atoms with Gasteiger partial charge >= 0.3 is 6.18 Å². The summed E-state index contributed by atoms with van der Waals surface area (Å²) in [6, 6.07) is 4.44. The van der Waals surface area contributed by atoms with Crippen molar-refractivity contribution in [3.05, 3.63) is 51.1 Å². The van der Waals surface area contributed by atoms with Gasteiger partial charge in [-0.3, -0.25) is 4.79 Å². The van der Waals surface area contributed by atoms with Crippen LogP contribution in [0.2, 0.25) is 5.02 Å². The van der Waals surface area contributed by atoms with Crippen LogP contribution in [-0.2, 0) is 11.0 Å². The van der Waals surface area contributed by atoms with E-state index in [0.29, 0.717) is 37.7 Å². The molecule has 0 bridgehead atoms. The Morgan fingerprint density at radius 1 is 1.13 bits per heavy atom. The van der Waals surface area contributed by atoms with Crippen molar-refractivity contribution in [1.82, 2.24) is 9.88 Å². The van der Waals surface area contributed by atoms with Crippen molar-refractivity contribution in [3.8, 4) is 11.5 Å². The summed E-state index contributed by atoms with van der Waals surface area (Å²) >= 11 is 9.47. The van der Waals surface area contributed by atoms with E-state index in [2.05, 4.69) is 20.9 Å². The maximum atomic E-state index is 12.8. The first-order valence-corrected chi connectivity index (χ1v) is 10.4. The third kappa shape index (κ3) is 4.74. The van der Waals surface area contributed by atoms with E-state index < -0.39 is 11.7 Å². The van der Waals surface area contributed by atoms with Crippen LogP contribution in [0.15, 0.2) is 34.9 Å². The largest absolute Gasteiger partial charge is 0.454 e. The number of benzene rings is 1. The summed E-state index contributed by atoms with van der Waals surface area (Å²) < 4.78 is 49.8. The number of pyridine rings is 1. The summed E-state index contributed by atoms with van der Waals surface area (Å²) in [6.07, 6.45) is -0.569. The average molecular weight is 519 g/mol. The molecule has 0 aliphatic carbocycles. The van der Waals surface area contributed by atoms with Gasteiger partial charge in [0.05, 0.1) is 10.6 Å². The smallest absolute Gasteiger partial charge is 0.417 e. The van der Waals surface area contributed by atoms with Gasteiger partial charge in [-0.15, -0.1) is 0 Å². The van der Waals surface area contributed by atoms with Crippen LogP contribution in [0.4, 0.5) is 19.0 Å². The zero-order valence-electron chi connectivity index (χ0n) is 16.0. The van der Waals surface area contributed by atoms with Crippen molar-refractivity contribution in [2.45, 2.75) is 6.18 Å². The average Bonchev–Trinajstić information content (AvgIpc) is 3.18. The summed E-state index contributed by atoms with van der Waals surface area (Å²) in [5.74, 6) is 1.36. The molecule has 1 fully saturated rings. The van der Waals surface area contributed by atoms with E-state index in [1.54, 1.807) is 28.0 Å². The topological polar surface area (TPSA) is 54.9 Å². The van der Waals surface area contributed by atoms with Crippen LogP contribution in [0.3, 0.4) is 0 Å². The maximum absolute atomic E-state index is 12.8. The molecule has 2 aliphatic rings. The Kier molecular flexibility index (Phi) is 6.02. The number of anilines is 1. The minimum absolute atomic E-state index is 0.0674. The van der Waals surface area contributed by atoms with Crippen LogP contribution in [0.5, 0.6) is 11.5 Å². The Labute approximate surface area is 189 Å². The summed E-state index contributed by atoms with van der Waals surface area (Å²) in [5, 5.41) is -0.0674. The molecule has 1 amide bonds. The van der Waals surface area contributed by atoms with Crippen molar-refractivity contribution >= 4 is 45.3 Å². The number of rotatable bonds is 3. The first-order valence-electron chi connectivity index (χ1n) is 9.26. The quantitative estimate of drug-likeness (QED) is 0.556. The predicted octanol–water partition coefficient (Wildman–Crippen LogP) is 4.61. The Morgan fingerprint density at radius 2 is 1.81 bits per heavy atom. The molecule has 2 aromatic rings. The summed E-state index contributed by atoms with van der Waals surface area (Å²) in [4.78, 5) is 19.9. The fourth-order valence-corrected chi connectivity index (χ4v) is 4.02. The number of alkyl halides is 3. The first-order chi connectivity index (χ1) is 14.7. The van der Waals surface area contributed by atoms with E-state index in [9.17, 15) is 18.0 Å². The van der Waals surface area contributed by atoms with Gasteiger partial charge in [-0.25, -0.2) is 4.98 Å². The third-order valence-corrected chi connectivity index (χ3v) is 5.90. The number of fused-ring (bicyclic) bond motifs is 1. The minimum Gasteiger partial charge on any atom is -0.454 e. The fraction of sp³-hybridized carbons (Fsp3) is 0.300. The number of piperazine rings is 1. The zero-order chi connectivity index (χ0) is 22.2. The minimum atomic E-state index is -4.50. The van der Waals surface area contributed by atoms with Gasteiger partial charge in [-0.1, -0.05) is 27.5 Å². The Hall–Kier alpha value is -2.46. The molecule has 0 N–H and O–H groups in total. The van der Waals surface area contributed by atoms with Gasteiger partial charge in [0, 0.05) is 42.9 Å². The van der Waals surface area contributed by atoms with Gasteiger partial charge in [-0.05, 0) is 29.8 Å². The number of hydrogen-bond donors (Lipinski definition) is 0. The molecule has 3 heterocycles. The molecule has 0 spiro atoms. The third-order valence-electron chi connectivity index (χ3n) is 4.94. The lowest BCUT2D eigenvalue weighted by Crippen LogP contribution is -2.48. The zero-order valence-corrected chi connectivity index (χ0v) is 18.3. The highest BCUT2D eigenvalue weighted by Crippen LogP contribution is 2.37. The van der Waals surface area contributed by atoms with Crippen molar-refractivity contribution in [2.24, 2.45) is 0 Å². The van der Waals surface area contributed by atoms with Crippen LogP contribution < -0.4 is 14.4 Å². The van der Waals surface area contributed by atoms with E-state index in [4.69, 9.17) is 21.1 Å². The Morgan fingerprint density at radius 3 is 2.45 bits per heavy atom. The Balaban J connectivity index is 1.38. The molecule has 6 nitrogen and oxygen atoms in total. The second kappa shape index (κ2) is 8.58. The van der Waals surface area contributed by atoms with Crippen LogP contribution in [0.1, 0.15) is 11.1 Å². The van der Waals surface area contributed by atoms with E-state index in [1.807, 2.05) is 0 Å². The molecule has 4 rings (SSSR count). The lowest BCUT2D eigenvalue weighted by atomic mass is 10.2. The normalized spacial score (nSPS) is 16.3. The van der Waals surface area contributed by atoms with Gasteiger partial charge < -0.3 is 19.3 Å². The molecule has 1 aromatic carbocycles. The van der Waals surface area contributed by atoms with Crippen molar-refractivity contribution in [3.63, 3.8) is 0 Å². The fourth-order valence-electron chi connectivity index (χ4n) is 3.28. The number of amides is 1. The lowest BCUT2D eigenvalue weighted by Gasteiger charge is -2.35.